The van der Waals surface area contributed by atoms with Gasteiger partial charge in [-0.15, -0.1) is 0 Å². The van der Waals surface area contributed by atoms with Crippen LogP contribution in [0, 0.1) is 0 Å². The molecule has 0 spiro atoms. The van der Waals surface area contributed by atoms with Gasteiger partial charge in [0.2, 0.25) is 0 Å². The first kappa shape index (κ1) is 20.1. The number of amides is 1. The second kappa shape index (κ2) is 9.46. The normalized spacial score (nSPS) is 11.7. The number of nitrogens with one attached hydrogen (secondary N) is 1. The van der Waals surface area contributed by atoms with Gasteiger partial charge in [0.1, 0.15) is 5.75 Å². The molecule has 0 saturated heterocycles. The molecule has 0 bridgehead atoms. The largest absolute Gasteiger partial charge is 0.494 e. The Morgan fingerprint density at radius 1 is 1.15 bits per heavy atom. The molecule has 2 N–H and O–H groups in total. The van der Waals surface area contributed by atoms with Crippen LogP contribution in [0.15, 0.2) is 42.5 Å². The van der Waals surface area contributed by atoms with E-state index in [1.54, 1.807) is 30.3 Å². The first-order valence-corrected chi connectivity index (χ1v) is 8.86. The molecule has 0 heterocycles. The summed E-state index contributed by atoms with van der Waals surface area (Å²) in [5, 5.41) is 12.5. The zero-order chi connectivity index (χ0) is 19.1. The third-order valence-electron chi connectivity index (χ3n) is 3.62. The summed E-state index contributed by atoms with van der Waals surface area (Å²) in [4.78, 5) is 23.7. The summed E-state index contributed by atoms with van der Waals surface area (Å²) in [6, 6.07) is 10.8. The van der Waals surface area contributed by atoms with E-state index in [9.17, 15) is 14.7 Å². The standard InChI is InChI=1S/C19H19Cl2NO4/c1-2-9-26-14-6-3-12(4-7-14)17(11-18(23)24)22-19(25)15-8-5-13(20)10-16(15)21/h3-8,10,17H,2,9,11H2,1H3,(H,22,25)(H,23,24)/t17-/m0/s1. The van der Waals surface area contributed by atoms with Crippen LogP contribution in [-0.4, -0.2) is 23.6 Å². The minimum absolute atomic E-state index is 0.201. The van der Waals surface area contributed by atoms with Crippen molar-refractivity contribution < 1.29 is 19.4 Å². The smallest absolute Gasteiger partial charge is 0.305 e. The Morgan fingerprint density at radius 2 is 1.85 bits per heavy atom. The van der Waals surface area contributed by atoms with Crippen LogP contribution in [0.4, 0.5) is 0 Å². The Kier molecular flexibility index (Phi) is 7.30. The van der Waals surface area contributed by atoms with E-state index in [2.05, 4.69) is 5.32 Å². The van der Waals surface area contributed by atoms with Crippen molar-refractivity contribution in [1.29, 1.82) is 0 Å². The van der Waals surface area contributed by atoms with Crippen LogP contribution in [0.3, 0.4) is 0 Å². The summed E-state index contributed by atoms with van der Waals surface area (Å²) >= 11 is 11.9. The lowest BCUT2D eigenvalue weighted by Crippen LogP contribution is -2.30. The van der Waals surface area contributed by atoms with Gasteiger partial charge < -0.3 is 15.2 Å². The summed E-state index contributed by atoms with van der Waals surface area (Å²) in [5.74, 6) is -0.801. The maximum absolute atomic E-state index is 12.5. The Hall–Kier alpha value is -2.24. The molecule has 0 aromatic heterocycles. The second-order valence-corrected chi connectivity index (χ2v) is 6.51. The van der Waals surface area contributed by atoms with E-state index in [1.165, 1.54) is 12.1 Å². The molecule has 0 aliphatic heterocycles. The van der Waals surface area contributed by atoms with Crippen molar-refractivity contribution in [3.05, 3.63) is 63.6 Å². The number of carboxylic acid groups (broad SMARTS) is 1. The zero-order valence-electron chi connectivity index (χ0n) is 14.2. The Balaban J connectivity index is 2.18. The number of benzene rings is 2. The molecule has 1 atom stereocenters. The highest BCUT2D eigenvalue weighted by Crippen LogP contribution is 2.24. The highest BCUT2D eigenvalue weighted by Gasteiger charge is 2.20. The fourth-order valence-corrected chi connectivity index (χ4v) is 2.85. The van der Waals surface area contributed by atoms with Gasteiger partial charge in [-0.05, 0) is 42.3 Å². The molecule has 0 unspecified atom stereocenters. The molecule has 0 aliphatic rings. The van der Waals surface area contributed by atoms with E-state index in [-0.39, 0.29) is 17.0 Å². The molecule has 0 fully saturated rings. The van der Waals surface area contributed by atoms with Gasteiger partial charge in [-0.25, -0.2) is 0 Å². The number of ether oxygens (including phenoxy) is 1. The molecule has 1 amide bonds. The SMILES string of the molecule is CCCOc1ccc([C@H](CC(=O)O)NC(=O)c2ccc(Cl)cc2Cl)cc1. The van der Waals surface area contributed by atoms with Crippen molar-refractivity contribution >= 4 is 35.1 Å². The fraction of sp³-hybridized carbons (Fsp3) is 0.263. The average molecular weight is 396 g/mol. The lowest BCUT2D eigenvalue weighted by molar-refractivity contribution is -0.137. The highest BCUT2D eigenvalue weighted by molar-refractivity contribution is 6.36. The van der Waals surface area contributed by atoms with Gasteiger partial charge in [-0.2, -0.15) is 0 Å². The van der Waals surface area contributed by atoms with E-state index in [0.717, 1.165) is 6.42 Å². The van der Waals surface area contributed by atoms with Crippen molar-refractivity contribution in [3.63, 3.8) is 0 Å². The number of rotatable bonds is 8. The van der Waals surface area contributed by atoms with Gasteiger partial charge in [-0.1, -0.05) is 42.3 Å². The number of hydrogen-bond acceptors (Lipinski definition) is 3. The topological polar surface area (TPSA) is 75.6 Å². The molecular weight excluding hydrogens is 377 g/mol. The maximum atomic E-state index is 12.5. The quantitative estimate of drug-likeness (QED) is 0.677. The molecule has 2 aromatic carbocycles. The fourth-order valence-electron chi connectivity index (χ4n) is 2.35. The number of halogens is 2. The van der Waals surface area contributed by atoms with Crippen molar-refractivity contribution in [2.45, 2.75) is 25.8 Å². The summed E-state index contributed by atoms with van der Waals surface area (Å²) < 4.78 is 5.51. The van der Waals surface area contributed by atoms with Crippen LogP contribution in [0.25, 0.3) is 0 Å². The van der Waals surface area contributed by atoms with Crippen molar-refractivity contribution in [2.75, 3.05) is 6.61 Å². The van der Waals surface area contributed by atoms with Crippen LogP contribution < -0.4 is 10.1 Å². The van der Waals surface area contributed by atoms with Crippen LogP contribution in [0.2, 0.25) is 10.0 Å². The van der Waals surface area contributed by atoms with E-state index >= 15 is 0 Å². The summed E-state index contributed by atoms with van der Waals surface area (Å²) in [5.41, 5.74) is 0.893. The molecular formula is C19H19Cl2NO4. The predicted molar refractivity (Wildman–Crippen MR) is 101 cm³/mol. The first-order chi connectivity index (χ1) is 12.4. The lowest BCUT2D eigenvalue weighted by Gasteiger charge is -2.18. The second-order valence-electron chi connectivity index (χ2n) is 5.67. The third-order valence-corrected chi connectivity index (χ3v) is 4.16. The Morgan fingerprint density at radius 3 is 2.42 bits per heavy atom. The van der Waals surface area contributed by atoms with Crippen LogP contribution in [0.1, 0.15) is 41.7 Å². The van der Waals surface area contributed by atoms with Gasteiger partial charge in [0, 0.05) is 5.02 Å². The number of carbonyl (C=O) groups is 2. The number of carbonyl (C=O) groups excluding carboxylic acids is 1. The summed E-state index contributed by atoms with van der Waals surface area (Å²) in [7, 11) is 0. The van der Waals surface area contributed by atoms with Gasteiger partial charge in [0.05, 0.1) is 29.7 Å². The van der Waals surface area contributed by atoms with Gasteiger partial charge in [0.25, 0.3) is 5.91 Å². The van der Waals surface area contributed by atoms with Crippen LogP contribution in [-0.2, 0) is 4.79 Å². The van der Waals surface area contributed by atoms with Gasteiger partial charge in [0.15, 0.2) is 0 Å². The minimum atomic E-state index is -1.02. The van der Waals surface area contributed by atoms with Crippen molar-refractivity contribution in [2.24, 2.45) is 0 Å². The Bertz CT molecular complexity index is 778. The maximum Gasteiger partial charge on any atom is 0.305 e. The Labute approximate surface area is 161 Å². The lowest BCUT2D eigenvalue weighted by atomic mass is 10.0. The molecule has 0 radical (unpaired) electrons. The number of carboxylic acids is 1. The molecule has 138 valence electrons. The molecule has 2 rings (SSSR count). The van der Waals surface area contributed by atoms with Gasteiger partial charge in [-0.3, -0.25) is 9.59 Å². The van der Waals surface area contributed by atoms with E-state index in [4.69, 9.17) is 27.9 Å². The van der Waals surface area contributed by atoms with E-state index in [1.807, 2.05) is 6.92 Å². The van der Waals surface area contributed by atoms with Crippen molar-refractivity contribution in [1.82, 2.24) is 5.32 Å². The third kappa shape index (κ3) is 5.64. The summed E-state index contributed by atoms with van der Waals surface area (Å²) in [6.45, 7) is 2.61. The van der Waals surface area contributed by atoms with Crippen LogP contribution in [0.5, 0.6) is 5.75 Å². The average Bonchev–Trinajstić information content (AvgIpc) is 2.59. The highest BCUT2D eigenvalue weighted by atomic mass is 35.5. The molecule has 2 aromatic rings. The molecule has 0 saturated carbocycles. The van der Waals surface area contributed by atoms with E-state index in [0.29, 0.717) is 22.9 Å². The first-order valence-electron chi connectivity index (χ1n) is 8.11. The monoisotopic (exact) mass is 395 g/mol. The zero-order valence-corrected chi connectivity index (χ0v) is 15.7. The van der Waals surface area contributed by atoms with Gasteiger partial charge >= 0.3 is 5.97 Å². The van der Waals surface area contributed by atoms with E-state index < -0.39 is 17.9 Å². The minimum Gasteiger partial charge on any atom is -0.494 e. The van der Waals surface area contributed by atoms with Crippen LogP contribution >= 0.6 is 23.2 Å². The molecule has 0 aliphatic carbocycles. The molecule has 7 heteroatoms. The number of hydrogen-bond donors (Lipinski definition) is 2. The predicted octanol–water partition coefficient (Wildman–Crippen LogP) is 4.73. The summed E-state index contributed by atoms with van der Waals surface area (Å²) in [6.07, 6.45) is 0.632. The molecule has 5 nitrogen and oxygen atoms in total. The number of aliphatic carboxylic acids is 1. The molecule has 26 heavy (non-hydrogen) atoms. The van der Waals surface area contributed by atoms with Crippen molar-refractivity contribution in [3.8, 4) is 5.75 Å².